The lowest BCUT2D eigenvalue weighted by Gasteiger charge is -2.24. The summed E-state index contributed by atoms with van der Waals surface area (Å²) in [6, 6.07) is 0. The second kappa shape index (κ2) is 5.45. The lowest BCUT2D eigenvalue weighted by molar-refractivity contribution is 0.550. The van der Waals surface area contributed by atoms with Gasteiger partial charge in [-0.05, 0) is 18.8 Å². The van der Waals surface area contributed by atoms with Gasteiger partial charge in [0.25, 0.3) is 0 Å². The van der Waals surface area contributed by atoms with Gasteiger partial charge in [-0.15, -0.1) is 12.6 Å². The summed E-state index contributed by atoms with van der Waals surface area (Å²) >= 11 is 4.34. The van der Waals surface area contributed by atoms with Crippen LogP contribution < -0.4 is 0 Å². The molecule has 0 bridgehead atoms. The van der Waals surface area contributed by atoms with Gasteiger partial charge in [-0.3, -0.25) is 0 Å². The van der Waals surface area contributed by atoms with Crippen LogP contribution in [0.25, 0.3) is 0 Å². The third-order valence-corrected chi connectivity index (χ3v) is 3.10. The summed E-state index contributed by atoms with van der Waals surface area (Å²) in [4.78, 5) is 1.08. The van der Waals surface area contributed by atoms with Crippen molar-refractivity contribution in [1.29, 1.82) is 0 Å². The monoisotopic (exact) mass is 208 g/mol. The minimum Gasteiger partial charge on any atom is -0.144 e. The average Bonchev–Trinajstić information content (AvgIpc) is 2.14. The molecule has 0 aliphatic heterocycles. The average molecular weight is 208 g/mol. The van der Waals surface area contributed by atoms with Gasteiger partial charge in [-0.2, -0.15) is 0 Å². The molecule has 0 aromatic carbocycles. The molecule has 0 heterocycles. The van der Waals surface area contributed by atoms with Gasteiger partial charge in [0, 0.05) is 10.8 Å². The first-order valence-electron chi connectivity index (χ1n) is 5.41. The van der Waals surface area contributed by atoms with Crippen LogP contribution in [-0.2, 0) is 0 Å². The highest BCUT2D eigenvalue weighted by molar-refractivity contribution is 7.84. The van der Waals surface area contributed by atoms with Gasteiger partial charge in [0.1, 0.15) is 0 Å². The molecule has 0 saturated heterocycles. The standard InChI is InChI=1S/C13H20S/c1-4-5-6-10(2)13-8-7-12(14)9-11(13)3/h7-9,11,13-14H,2,4-6H2,1,3H3. The fourth-order valence-electron chi connectivity index (χ4n) is 1.88. The van der Waals surface area contributed by atoms with Crippen molar-refractivity contribution in [3.8, 4) is 0 Å². The van der Waals surface area contributed by atoms with Crippen LogP contribution in [0.2, 0.25) is 0 Å². The molecule has 1 heteroatoms. The SMILES string of the molecule is C=C(CCCC)C1C=CC(S)=CC1C. The lowest BCUT2D eigenvalue weighted by atomic mass is 9.83. The molecule has 0 aromatic heterocycles. The first-order chi connectivity index (χ1) is 6.65. The number of unbranched alkanes of at least 4 members (excludes halogenated alkanes) is 1. The Kier molecular flexibility index (Phi) is 4.53. The van der Waals surface area contributed by atoms with Crippen molar-refractivity contribution in [2.24, 2.45) is 11.8 Å². The molecule has 0 aromatic rings. The van der Waals surface area contributed by atoms with Gasteiger partial charge in [0.2, 0.25) is 0 Å². The smallest absolute Gasteiger partial charge is 0.00383 e. The summed E-state index contributed by atoms with van der Waals surface area (Å²) in [6.07, 6.45) is 10.2. The van der Waals surface area contributed by atoms with Crippen molar-refractivity contribution in [3.05, 3.63) is 35.3 Å². The molecule has 2 unspecified atom stereocenters. The third kappa shape index (κ3) is 3.06. The van der Waals surface area contributed by atoms with E-state index in [4.69, 9.17) is 0 Å². The normalized spacial score (nSPS) is 26.1. The summed E-state index contributed by atoms with van der Waals surface area (Å²) in [5, 5.41) is 0. The highest BCUT2D eigenvalue weighted by atomic mass is 32.1. The van der Waals surface area contributed by atoms with Crippen molar-refractivity contribution < 1.29 is 0 Å². The van der Waals surface area contributed by atoms with Crippen molar-refractivity contribution in [3.63, 3.8) is 0 Å². The predicted molar refractivity (Wildman–Crippen MR) is 67.5 cm³/mol. The number of thiol groups is 1. The molecule has 14 heavy (non-hydrogen) atoms. The minimum absolute atomic E-state index is 0.525. The number of allylic oxidation sites excluding steroid dienone is 4. The van der Waals surface area contributed by atoms with Crippen molar-refractivity contribution in [1.82, 2.24) is 0 Å². The highest BCUT2D eigenvalue weighted by Gasteiger charge is 2.18. The topological polar surface area (TPSA) is 0 Å². The van der Waals surface area contributed by atoms with E-state index in [1.54, 1.807) is 0 Å². The van der Waals surface area contributed by atoms with Crippen molar-refractivity contribution in [2.45, 2.75) is 33.1 Å². The zero-order valence-corrected chi connectivity index (χ0v) is 10.1. The van der Waals surface area contributed by atoms with Gasteiger partial charge in [-0.1, -0.05) is 50.6 Å². The molecule has 0 N–H and O–H groups in total. The van der Waals surface area contributed by atoms with Gasteiger partial charge in [-0.25, -0.2) is 0 Å². The Balaban J connectivity index is 2.54. The second-order valence-corrected chi connectivity index (χ2v) is 4.61. The Morgan fingerprint density at radius 3 is 2.86 bits per heavy atom. The fourth-order valence-corrected chi connectivity index (χ4v) is 2.21. The van der Waals surface area contributed by atoms with Gasteiger partial charge < -0.3 is 0 Å². The molecule has 1 rings (SSSR count). The van der Waals surface area contributed by atoms with E-state index in [0.29, 0.717) is 11.8 Å². The molecule has 1 aliphatic rings. The Labute approximate surface area is 93.2 Å². The maximum atomic E-state index is 4.34. The van der Waals surface area contributed by atoms with Crippen molar-refractivity contribution in [2.75, 3.05) is 0 Å². The zero-order valence-electron chi connectivity index (χ0n) is 9.16. The Hall–Kier alpha value is -0.430. The van der Waals surface area contributed by atoms with E-state index in [1.165, 1.54) is 18.4 Å². The molecule has 0 saturated carbocycles. The Morgan fingerprint density at radius 2 is 2.29 bits per heavy atom. The maximum absolute atomic E-state index is 4.34. The molecule has 0 fully saturated rings. The van der Waals surface area contributed by atoms with Crippen LogP contribution >= 0.6 is 12.6 Å². The van der Waals surface area contributed by atoms with E-state index in [1.807, 2.05) is 0 Å². The molecule has 0 amide bonds. The number of hydrogen-bond donors (Lipinski definition) is 1. The molecule has 0 spiro atoms. The number of rotatable bonds is 4. The molecular formula is C13H20S. The van der Waals surface area contributed by atoms with E-state index < -0.39 is 0 Å². The first kappa shape index (κ1) is 11.6. The summed E-state index contributed by atoms with van der Waals surface area (Å²) in [7, 11) is 0. The van der Waals surface area contributed by atoms with Gasteiger partial charge in [0.15, 0.2) is 0 Å². The molecule has 1 aliphatic carbocycles. The van der Waals surface area contributed by atoms with Crippen LogP contribution in [0.3, 0.4) is 0 Å². The van der Waals surface area contributed by atoms with E-state index in [9.17, 15) is 0 Å². The quantitative estimate of drug-likeness (QED) is 0.515. The van der Waals surface area contributed by atoms with Gasteiger partial charge in [0.05, 0.1) is 0 Å². The summed E-state index contributed by atoms with van der Waals surface area (Å²) in [5.41, 5.74) is 1.37. The first-order valence-corrected chi connectivity index (χ1v) is 5.86. The fraction of sp³-hybridized carbons (Fsp3) is 0.538. The molecule has 0 radical (unpaired) electrons. The van der Waals surface area contributed by atoms with Crippen LogP contribution in [0.4, 0.5) is 0 Å². The predicted octanol–water partition coefficient (Wildman–Crippen LogP) is 4.37. The third-order valence-electron chi connectivity index (χ3n) is 2.80. The molecule has 2 atom stereocenters. The molecular weight excluding hydrogens is 188 g/mol. The van der Waals surface area contributed by atoms with E-state index >= 15 is 0 Å². The number of hydrogen-bond acceptors (Lipinski definition) is 1. The molecule has 0 nitrogen and oxygen atoms in total. The van der Waals surface area contributed by atoms with E-state index in [-0.39, 0.29) is 0 Å². The molecule has 78 valence electrons. The second-order valence-electron chi connectivity index (χ2n) is 4.10. The highest BCUT2D eigenvalue weighted by Crippen LogP contribution is 2.31. The van der Waals surface area contributed by atoms with E-state index in [2.05, 4.69) is 51.3 Å². The minimum atomic E-state index is 0.525. The van der Waals surface area contributed by atoms with E-state index in [0.717, 1.165) is 11.3 Å². The van der Waals surface area contributed by atoms with Crippen LogP contribution in [0.15, 0.2) is 35.3 Å². The summed E-state index contributed by atoms with van der Waals surface area (Å²) in [6.45, 7) is 8.64. The van der Waals surface area contributed by atoms with Gasteiger partial charge >= 0.3 is 0 Å². The maximum Gasteiger partial charge on any atom is 0.00383 e. The van der Waals surface area contributed by atoms with Crippen molar-refractivity contribution >= 4 is 12.6 Å². The van der Waals surface area contributed by atoms with Crippen LogP contribution in [0.5, 0.6) is 0 Å². The lowest BCUT2D eigenvalue weighted by Crippen LogP contribution is -2.12. The Morgan fingerprint density at radius 1 is 1.57 bits per heavy atom. The van der Waals surface area contributed by atoms with Crippen LogP contribution in [0.1, 0.15) is 33.1 Å². The summed E-state index contributed by atoms with van der Waals surface area (Å²) < 4.78 is 0. The van der Waals surface area contributed by atoms with Crippen LogP contribution in [-0.4, -0.2) is 0 Å². The zero-order chi connectivity index (χ0) is 10.6. The Bertz CT molecular complexity index is 260. The van der Waals surface area contributed by atoms with Crippen LogP contribution in [0, 0.1) is 11.8 Å². The summed E-state index contributed by atoms with van der Waals surface area (Å²) in [5.74, 6) is 1.08. The largest absolute Gasteiger partial charge is 0.144 e.